The van der Waals surface area contributed by atoms with Gasteiger partial charge in [0.1, 0.15) is 11.2 Å². The third-order valence-electron chi connectivity index (χ3n) is 16.5. The molecule has 7 heteroatoms. The number of fused-ring (bicyclic) bond motifs is 12. The molecule has 0 saturated heterocycles. The number of furan rings is 1. The van der Waals surface area contributed by atoms with Crippen molar-refractivity contribution in [2.45, 2.75) is 0 Å². The van der Waals surface area contributed by atoms with Gasteiger partial charge < -0.3 is 13.6 Å². The summed E-state index contributed by atoms with van der Waals surface area (Å²) in [6.07, 6.45) is 0. The van der Waals surface area contributed by atoms with E-state index in [0.29, 0.717) is 17.6 Å². The van der Waals surface area contributed by atoms with Crippen molar-refractivity contribution < 1.29 is 4.42 Å². The Morgan fingerprint density at radius 1 is 0.244 bits per heavy atom. The summed E-state index contributed by atoms with van der Waals surface area (Å²) in [5, 5.41) is 9.21. The van der Waals surface area contributed by atoms with Gasteiger partial charge in [-0.25, -0.2) is 4.98 Å². The molecule has 5 heterocycles. The van der Waals surface area contributed by atoms with Crippen LogP contribution in [0, 0.1) is 0 Å². The van der Waals surface area contributed by atoms with E-state index in [1.54, 1.807) is 0 Å². The molecule has 12 aromatic carbocycles. The zero-order chi connectivity index (χ0) is 53.8. The third kappa shape index (κ3) is 7.20. The number of hydrogen-bond donors (Lipinski definition) is 0. The summed E-state index contributed by atoms with van der Waals surface area (Å²) in [5.74, 6) is 1.80. The van der Waals surface area contributed by atoms with Crippen molar-refractivity contribution in [3.05, 3.63) is 279 Å². The van der Waals surface area contributed by atoms with Crippen LogP contribution in [0.15, 0.2) is 283 Å². The van der Waals surface area contributed by atoms with E-state index >= 15 is 0 Å². The maximum atomic E-state index is 6.70. The summed E-state index contributed by atoms with van der Waals surface area (Å²) in [6.45, 7) is 0. The molecule has 7 nitrogen and oxygen atoms in total. The Balaban J connectivity index is 0.799. The quantitative estimate of drug-likeness (QED) is 0.152. The van der Waals surface area contributed by atoms with Gasteiger partial charge in [0.05, 0.1) is 33.1 Å². The van der Waals surface area contributed by atoms with Crippen molar-refractivity contribution in [3.63, 3.8) is 0 Å². The fourth-order valence-corrected chi connectivity index (χ4v) is 12.7. The van der Waals surface area contributed by atoms with E-state index in [0.717, 1.165) is 99.5 Å². The smallest absolute Gasteiger partial charge is 0.238 e. The number of rotatable bonds is 8. The Labute approximate surface area is 470 Å². The van der Waals surface area contributed by atoms with Gasteiger partial charge in [-0.05, 0) is 137 Å². The summed E-state index contributed by atoms with van der Waals surface area (Å²) < 4.78 is 13.6. The monoisotopic (exact) mass is 1050 g/mol. The summed E-state index contributed by atoms with van der Waals surface area (Å²) >= 11 is 0. The van der Waals surface area contributed by atoms with E-state index < -0.39 is 0 Å². The van der Waals surface area contributed by atoms with Gasteiger partial charge >= 0.3 is 0 Å². The predicted octanol–water partition coefficient (Wildman–Crippen LogP) is 19.4. The first-order chi connectivity index (χ1) is 40.6. The largest absolute Gasteiger partial charge is 0.456 e. The van der Waals surface area contributed by atoms with Crippen LogP contribution in [-0.2, 0) is 0 Å². The molecular weight excluding hydrogens is 1000 g/mol. The van der Waals surface area contributed by atoms with E-state index in [1.165, 1.54) is 43.7 Å². The van der Waals surface area contributed by atoms with Gasteiger partial charge in [-0.15, -0.1) is 0 Å². The average molecular weight is 1050 g/mol. The Bertz CT molecular complexity index is 5330. The molecule has 17 aromatic rings. The molecule has 0 unspecified atom stereocenters. The van der Waals surface area contributed by atoms with Crippen molar-refractivity contribution in [2.24, 2.45) is 0 Å². The Hall–Kier alpha value is -11.2. The minimum absolute atomic E-state index is 0.562. The van der Waals surface area contributed by atoms with Crippen LogP contribution in [0.2, 0.25) is 0 Å². The lowest BCUT2D eigenvalue weighted by Crippen LogP contribution is -2.06. The normalized spacial score (nSPS) is 11.9. The molecule has 0 bridgehead atoms. The van der Waals surface area contributed by atoms with Crippen LogP contribution in [-0.4, -0.2) is 28.7 Å². The Morgan fingerprint density at radius 2 is 0.634 bits per heavy atom. The molecule has 0 fully saturated rings. The highest BCUT2D eigenvalue weighted by Crippen LogP contribution is 2.44. The van der Waals surface area contributed by atoms with E-state index in [2.05, 4.69) is 232 Å². The minimum atomic E-state index is 0.562. The third-order valence-corrected chi connectivity index (χ3v) is 16.5. The van der Waals surface area contributed by atoms with Gasteiger partial charge in [0.2, 0.25) is 5.95 Å². The summed E-state index contributed by atoms with van der Waals surface area (Å²) in [4.78, 5) is 15.3. The molecule has 0 aliphatic carbocycles. The Morgan fingerprint density at radius 3 is 1.16 bits per heavy atom. The first kappa shape index (κ1) is 45.8. The van der Waals surface area contributed by atoms with Gasteiger partial charge in [-0.3, -0.25) is 4.57 Å². The molecule has 0 spiro atoms. The van der Waals surface area contributed by atoms with Crippen molar-refractivity contribution in [1.29, 1.82) is 0 Å². The minimum Gasteiger partial charge on any atom is -0.456 e. The molecule has 382 valence electrons. The fraction of sp³-hybridized carbons (Fsp3) is 0. The summed E-state index contributed by atoms with van der Waals surface area (Å²) in [6, 6.07) is 99.5. The lowest BCUT2D eigenvalue weighted by molar-refractivity contribution is 0.669. The molecule has 0 atom stereocenters. The molecule has 0 saturated carbocycles. The lowest BCUT2D eigenvalue weighted by Gasteiger charge is -2.11. The number of para-hydroxylation sites is 4. The van der Waals surface area contributed by atoms with Gasteiger partial charge in [-0.2, -0.15) is 9.97 Å². The fourth-order valence-electron chi connectivity index (χ4n) is 12.7. The van der Waals surface area contributed by atoms with Crippen molar-refractivity contribution in [1.82, 2.24) is 28.7 Å². The maximum Gasteiger partial charge on any atom is 0.238 e. The van der Waals surface area contributed by atoms with E-state index in [9.17, 15) is 0 Å². The summed E-state index contributed by atoms with van der Waals surface area (Å²) in [7, 11) is 0. The highest BCUT2D eigenvalue weighted by Gasteiger charge is 2.22. The van der Waals surface area contributed by atoms with E-state index in [1.807, 2.05) is 60.7 Å². The van der Waals surface area contributed by atoms with Crippen LogP contribution < -0.4 is 0 Å². The van der Waals surface area contributed by atoms with Crippen LogP contribution in [0.5, 0.6) is 0 Å². The van der Waals surface area contributed by atoms with E-state index in [4.69, 9.17) is 19.4 Å². The van der Waals surface area contributed by atoms with Crippen molar-refractivity contribution >= 4 is 87.4 Å². The maximum absolute atomic E-state index is 6.70. The van der Waals surface area contributed by atoms with Gasteiger partial charge in [0.15, 0.2) is 11.6 Å². The molecule has 0 N–H and O–H groups in total. The molecule has 5 aromatic heterocycles. The lowest BCUT2D eigenvalue weighted by atomic mass is 9.96. The number of hydrogen-bond acceptors (Lipinski definition) is 4. The second-order valence-corrected chi connectivity index (χ2v) is 21.1. The molecule has 82 heavy (non-hydrogen) atoms. The highest BCUT2D eigenvalue weighted by atomic mass is 16.3. The van der Waals surface area contributed by atoms with Crippen molar-refractivity contribution in [2.75, 3.05) is 0 Å². The molecule has 0 aliphatic rings. The molecular formula is C75H46N6O. The molecule has 0 amide bonds. The average Bonchev–Trinajstić information content (AvgIpc) is 3.17. The molecule has 0 radical (unpaired) electrons. The first-order valence-electron chi connectivity index (χ1n) is 27.7. The summed E-state index contributed by atoms with van der Waals surface area (Å²) in [5.41, 5.74) is 19.3. The number of nitrogens with zero attached hydrogens (tertiary/aromatic N) is 6. The topological polar surface area (TPSA) is 66.6 Å². The van der Waals surface area contributed by atoms with Crippen LogP contribution in [0.3, 0.4) is 0 Å². The molecule has 17 rings (SSSR count). The second kappa shape index (κ2) is 18.2. The van der Waals surface area contributed by atoms with Gasteiger partial charge in [-0.1, -0.05) is 176 Å². The first-order valence-corrected chi connectivity index (χ1v) is 27.7. The van der Waals surface area contributed by atoms with Crippen LogP contribution in [0.1, 0.15) is 0 Å². The SMILES string of the molecule is c1ccc(-c2nc(-c3ccccc3)nc(-n3c4ccccc4c4cc(-c5cccc6oc7ccc(-c8ccc9c(c8)c8cc(-c%10ccc%11c(c%10)c%10ccccc%10n%11-c%10ccccc%10)ccc8n9-c8ccccc8)cc7c56)ccc43)n2)cc1. The Kier molecular flexibility index (Phi) is 10.2. The number of aromatic nitrogens is 6. The standard InChI is InChI=1S/C75H46N6O/c1-5-18-47(19-6-1)73-76-74(48-20-7-2-8-21-48)78-75(77-73)81-65-30-16-14-27-58(65)60-46-53(35-40-69(60)81)56-28-17-31-71-72(56)63-45-52(36-41-70(63)82-71)51-34-39-68-62(44-51)61-43-50(33-38-67(61)80(68)55-24-11-4-12-25-55)49-32-37-66-59(42-49)57-26-13-15-29-64(57)79(66)54-22-9-3-10-23-54/h1-46H. The van der Waals surface area contributed by atoms with Gasteiger partial charge in [0.25, 0.3) is 0 Å². The zero-order valence-corrected chi connectivity index (χ0v) is 44.1. The van der Waals surface area contributed by atoms with Gasteiger partial charge in [0, 0.05) is 65.6 Å². The predicted molar refractivity (Wildman–Crippen MR) is 337 cm³/mol. The zero-order valence-electron chi connectivity index (χ0n) is 44.1. The number of benzene rings is 12. The van der Waals surface area contributed by atoms with Crippen LogP contribution >= 0.6 is 0 Å². The molecule has 0 aliphatic heterocycles. The van der Waals surface area contributed by atoms with Crippen LogP contribution in [0.25, 0.3) is 161 Å². The highest BCUT2D eigenvalue weighted by molar-refractivity contribution is 6.17. The van der Waals surface area contributed by atoms with E-state index in [-0.39, 0.29) is 0 Å². The van der Waals surface area contributed by atoms with Crippen molar-refractivity contribution in [3.8, 4) is 73.5 Å². The second-order valence-electron chi connectivity index (χ2n) is 21.1. The van der Waals surface area contributed by atoms with Crippen LogP contribution in [0.4, 0.5) is 0 Å².